The molecule has 1 aromatic heterocycles. The summed E-state index contributed by atoms with van der Waals surface area (Å²) in [4.78, 5) is 17.3. The SMILES string of the molecule is CC(=O)c1ccc(N(C)Cc2ccncc2)cc1. The van der Waals surface area contributed by atoms with Crippen molar-refractivity contribution in [3.05, 3.63) is 59.9 Å². The lowest BCUT2D eigenvalue weighted by molar-refractivity contribution is 0.101. The quantitative estimate of drug-likeness (QED) is 0.770. The number of benzene rings is 1. The van der Waals surface area contributed by atoms with Gasteiger partial charge < -0.3 is 4.90 Å². The highest BCUT2D eigenvalue weighted by Crippen LogP contribution is 2.16. The molecular formula is C15H16N2O. The minimum absolute atomic E-state index is 0.0957. The Hall–Kier alpha value is -2.16. The van der Waals surface area contributed by atoms with Crippen LogP contribution in [0.25, 0.3) is 0 Å². The molecule has 3 nitrogen and oxygen atoms in total. The number of ketones is 1. The Morgan fingerprint density at radius 2 is 1.72 bits per heavy atom. The van der Waals surface area contributed by atoms with E-state index in [2.05, 4.69) is 9.88 Å². The fraction of sp³-hybridized carbons (Fsp3) is 0.200. The lowest BCUT2D eigenvalue weighted by Gasteiger charge is -2.19. The molecule has 2 aromatic rings. The predicted molar refractivity (Wildman–Crippen MR) is 72.8 cm³/mol. The molecule has 0 amide bonds. The number of hydrogen-bond acceptors (Lipinski definition) is 3. The van der Waals surface area contributed by atoms with E-state index >= 15 is 0 Å². The summed E-state index contributed by atoms with van der Waals surface area (Å²) in [5.74, 6) is 0.0957. The summed E-state index contributed by atoms with van der Waals surface area (Å²) in [5, 5.41) is 0. The van der Waals surface area contributed by atoms with E-state index in [-0.39, 0.29) is 5.78 Å². The van der Waals surface area contributed by atoms with Gasteiger partial charge in [0, 0.05) is 37.2 Å². The van der Waals surface area contributed by atoms with Gasteiger partial charge in [-0.1, -0.05) is 0 Å². The van der Waals surface area contributed by atoms with Gasteiger partial charge in [-0.3, -0.25) is 9.78 Å². The highest BCUT2D eigenvalue weighted by Gasteiger charge is 2.03. The minimum Gasteiger partial charge on any atom is -0.370 e. The van der Waals surface area contributed by atoms with Gasteiger partial charge in [0.2, 0.25) is 0 Å². The summed E-state index contributed by atoms with van der Waals surface area (Å²) in [6.07, 6.45) is 3.59. The Morgan fingerprint density at radius 1 is 1.11 bits per heavy atom. The van der Waals surface area contributed by atoms with Crippen LogP contribution in [0.2, 0.25) is 0 Å². The van der Waals surface area contributed by atoms with Crippen molar-refractivity contribution in [3.63, 3.8) is 0 Å². The van der Waals surface area contributed by atoms with Gasteiger partial charge in [0.1, 0.15) is 0 Å². The number of aromatic nitrogens is 1. The molecule has 0 aliphatic heterocycles. The van der Waals surface area contributed by atoms with Crippen molar-refractivity contribution in [1.29, 1.82) is 0 Å². The molecule has 92 valence electrons. The van der Waals surface area contributed by atoms with E-state index < -0.39 is 0 Å². The molecule has 0 bridgehead atoms. The normalized spacial score (nSPS) is 10.1. The molecule has 0 radical (unpaired) electrons. The fourth-order valence-electron chi connectivity index (χ4n) is 1.80. The zero-order chi connectivity index (χ0) is 13.0. The zero-order valence-corrected chi connectivity index (χ0v) is 10.6. The van der Waals surface area contributed by atoms with Crippen molar-refractivity contribution in [1.82, 2.24) is 4.98 Å². The maximum absolute atomic E-state index is 11.2. The van der Waals surface area contributed by atoms with E-state index in [9.17, 15) is 4.79 Å². The van der Waals surface area contributed by atoms with Crippen molar-refractivity contribution in [2.24, 2.45) is 0 Å². The van der Waals surface area contributed by atoms with Crippen LogP contribution in [0.5, 0.6) is 0 Å². The van der Waals surface area contributed by atoms with E-state index in [0.717, 1.165) is 17.8 Å². The molecule has 3 heteroatoms. The summed E-state index contributed by atoms with van der Waals surface area (Å²) in [5.41, 5.74) is 3.05. The van der Waals surface area contributed by atoms with Gasteiger partial charge in [-0.05, 0) is 48.9 Å². The van der Waals surface area contributed by atoms with Crippen LogP contribution >= 0.6 is 0 Å². The largest absolute Gasteiger partial charge is 0.370 e. The molecule has 0 aliphatic carbocycles. The van der Waals surface area contributed by atoms with Crippen molar-refractivity contribution >= 4 is 11.5 Å². The maximum Gasteiger partial charge on any atom is 0.159 e. The van der Waals surface area contributed by atoms with Gasteiger partial charge >= 0.3 is 0 Å². The van der Waals surface area contributed by atoms with E-state index in [4.69, 9.17) is 0 Å². The molecule has 0 aliphatic rings. The van der Waals surface area contributed by atoms with Gasteiger partial charge in [-0.15, -0.1) is 0 Å². The number of Topliss-reactive ketones (excluding diaryl/α,β-unsaturated/α-hetero) is 1. The lowest BCUT2D eigenvalue weighted by atomic mass is 10.1. The first-order valence-corrected chi connectivity index (χ1v) is 5.88. The molecule has 0 fully saturated rings. The second kappa shape index (κ2) is 5.45. The van der Waals surface area contributed by atoms with E-state index in [1.165, 1.54) is 5.56 Å². The van der Waals surface area contributed by atoms with Crippen LogP contribution in [0.4, 0.5) is 5.69 Å². The number of nitrogens with zero attached hydrogens (tertiary/aromatic N) is 2. The third-order valence-electron chi connectivity index (χ3n) is 2.88. The number of carbonyl (C=O) groups excluding carboxylic acids is 1. The Balaban J connectivity index is 2.09. The number of rotatable bonds is 4. The van der Waals surface area contributed by atoms with Crippen LogP contribution in [0.1, 0.15) is 22.8 Å². The predicted octanol–water partition coefficient (Wildman–Crippen LogP) is 2.92. The number of carbonyl (C=O) groups is 1. The van der Waals surface area contributed by atoms with Crippen LogP contribution in [-0.4, -0.2) is 17.8 Å². The Morgan fingerprint density at radius 3 is 2.28 bits per heavy atom. The molecule has 0 unspecified atom stereocenters. The molecule has 0 spiro atoms. The standard InChI is InChI=1S/C15H16N2O/c1-12(18)14-3-5-15(6-4-14)17(2)11-13-7-9-16-10-8-13/h3-10H,11H2,1-2H3. The van der Waals surface area contributed by atoms with Crippen molar-refractivity contribution in [2.75, 3.05) is 11.9 Å². The number of pyridine rings is 1. The number of anilines is 1. The molecule has 1 aromatic carbocycles. The van der Waals surface area contributed by atoms with Gasteiger partial charge in [-0.2, -0.15) is 0 Å². The van der Waals surface area contributed by atoms with Crippen LogP contribution in [-0.2, 0) is 6.54 Å². The third-order valence-corrected chi connectivity index (χ3v) is 2.88. The first-order chi connectivity index (χ1) is 8.66. The molecule has 0 N–H and O–H groups in total. The first kappa shape index (κ1) is 12.3. The highest BCUT2D eigenvalue weighted by atomic mass is 16.1. The van der Waals surface area contributed by atoms with Crippen molar-refractivity contribution < 1.29 is 4.79 Å². The van der Waals surface area contributed by atoms with Gasteiger partial charge in [0.15, 0.2) is 5.78 Å². The Kier molecular flexibility index (Phi) is 3.72. The Bertz CT molecular complexity index is 520. The van der Waals surface area contributed by atoms with Crippen LogP contribution in [0.3, 0.4) is 0 Å². The zero-order valence-electron chi connectivity index (χ0n) is 10.6. The fourth-order valence-corrected chi connectivity index (χ4v) is 1.80. The molecule has 0 atom stereocenters. The molecular weight excluding hydrogens is 224 g/mol. The summed E-state index contributed by atoms with van der Waals surface area (Å²) in [7, 11) is 2.03. The monoisotopic (exact) mass is 240 g/mol. The molecule has 0 saturated carbocycles. The average molecular weight is 240 g/mol. The third kappa shape index (κ3) is 2.94. The molecule has 18 heavy (non-hydrogen) atoms. The topological polar surface area (TPSA) is 33.2 Å². The van der Waals surface area contributed by atoms with Crippen LogP contribution in [0, 0.1) is 0 Å². The van der Waals surface area contributed by atoms with Crippen molar-refractivity contribution in [2.45, 2.75) is 13.5 Å². The van der Waals surface area contributed by atoms with Crippen LogP contribution in [0.15, 0.2) is 48.8 Å². The second-order valence-corrected chi connectivity index (χ2v) is 4.31. The smallest absolute Gasteiger partial charge is 0.159 e. The highest BCUT2D eigenvalue weighted by molar-refractivity contribution is 5.94. The summed E-state index contributed by atoms with van der Waals surface area (Å²) >= 11 is 0. The minimum atomic E-state index is 0.0957. The van der Waals surface area contributed by atoms with Gasteiger partial charge in [0.25, 0.3) is 0 Å². The van der Waals surface area contributed by atoms with Gasteiger partial charge in [-0.25, -0.2) is 0 Å². The lowest BCUT2D eigenvalue weighted by Crippen LogP contribution is -2.16. The summed E-state index contributed by atoms with van der Waals surface area (Å²) in [6, 6.07) is 11.7. The summed E-state index contributed by atoms with van der Waals surface area (Å²) < 4.78 is 0. The molecule has 2 rings (SSSR count). The molecule has 0 saturated heterocycles. The van der Waals surface area contributed by atoms with Crippen LogP contribution < -0.4 is 4.90 Å². The first-order valence-electron chi connectivity index (χ1n) is 5.88. The number of hydrogen-bond donors (Lipinski definition) is 0. The van der Waals surface area contributed by atoms with Gasteiger partial charge in [0.05, 0.1) is 0 Å². The Labute approximate surface area is 107 Å². The molecule has 1 heterocycles. The second-order valence-electron chi connectivity index (χ2n) is 4.31. The summed E-state index contributed by atoms with van der Waals surface area (Å²) in [6.45, 7) is 2.40. The van der Waals surface area contributed by atoms with E-state index in [0.29, 0.717) is 0 Å². The average Bonchev–Trinajstić information content (AvgIpc) is 2.40. The van der Waals surface area contributed by atoms with E-state index in [1.807, 2.05) is 43.4 Å². The van der Waals surface area contributed by atoms with Crippen molar-refractivity contribution in [3.8, 4) is 0 Å². The van der Waals surface area contributed by atoms with E-state index in [1.54, 1.807) is 19.3 Å². The maximum atomic E-state index is 11.2.